The van der Waals surface area contributed by atoms with Gasteiger partial charge in [-0.05, 0) is 54.9 Å². The SMILES string of the molecule is CSc1ccc(NC(=S)Nc2ccc3c(c2)OCCO3)cc1. The van der Waals surface area contributed by atoms with Crippen molar-refractivity contribution in [2.45, 2.75) is 4.90 Å². The molecule has 6 heteroatoms. The zero-order valence-electron chi connectivity index (χ0n) is 12.1. The Morgan fingerprint density at radius 3 is 2.32 bits per heavy atom. The monoisotopic (exact) mass is 332 g/mol. The van der Waals surface area contributed by atoms with Crippen molar-refractivity contribution in [3.8, 4) is 11.5 Å². The molecule has 0 spiro atoms. The summed E-state index contributed by atoms with van der Waals surface area (Å²) in [5.41, 5.74) is 1.82. The van der Waals surface area contributed by atoms with Crippen LogP contribution >= 0.6 is 24.0 Å². The zero-order chi connectivity index (χ0) is 15.4. The van der Waals surface area contributed by atoms with E-state index in [1.54, 1.807) is 11.8 Å². The van der Waals surface area contributed by atoms with Gasteiger partial charge in [0.1, 0.15) is 13.2 Å². The van der Waals surface area contributed by atoms with E-state index < -0.39 is 0 Å². The summed E-state index contributed by atoms with van der Waals surface area (Å²) < 4.78 is 11.1. The number of anilines is 2. The van der Waals surface area contributed by atoms with Gasteiger partial charge in [0.15, 0.2) is 16.6 Å². The molecule has 22 heavy (non-hydrogen) atoms. The molecule has 0 atom stereocenters. The Hall–Kier alpha value is -1.92. The minimum absolute atomic E-state index is 0.536. The van der Waals surface area contributed by atoms with Crippen LogP contribution in [0.25, 0.3) is 0 Å². The van der Waals surface area contributed by atoms with Gasteiger partial charge in [-0.1, -0.05) is 0 Å². The van der Waals surface area contributed by atoms with E-state index >= 15 is 0 Å². The first-order valence-electron chi connectivity index (χ1n) is 6.86. The van der Waals surface area contributed by atoms with Crippen LogP contribution in [0.5, 0.6) is 11.5 Å². The number of thioether (sulfide) groups is 1. The normalized spacial score (nSPS) is 12.6. The number of hydrogen-bond acceptors (Lipinski definition) is 4. The molecule has 0 radical (unpaired) electrons. The number of rotatable bonds is 3. The van der Waals surface area contributed by atoms with Crippen molar-refractivity contribution < 1.29 is 9.47 Å². The number of hydrogen-bond donors (Lipinski definition) is 2. The summed E-state index contributed by atoms with van der Waals surface area (Å²) >= 11 is 7.04. The van der Waals surface area contributed by atoms with E-state index in [1.165, 1.54) is 4.90 Å². The van der Waals surface area contributed by atoms with Crippen LogP contribution in [0.4, 0.5) is 11.4 Å². The Kier molecular flexibility index (Phi) is 4.70. The summed E-state index contributed by atoms with van der Waals surface area (Å²) in [6.45, 7) is 1.16. The topological polar surface area (TPSA) is 42.5 Å². The maximum absolute atomic E-state index is 5.56. The molecular weight excluding hydrogens is 316 g/mol. The number of thiocarbonyl (C=S) groups is 1. The number of ether oxygens (including phenoxy) is 2. The van der Waals surface area contributed by atoms with E-state index in [9.17, 15) is 0 Å². The summed E-state index contributed by atoms with van der Waals surface area (Å²) in [7, 11) is 0. The van der Waals surface area contributed by atoms with Crippen molar-refractivity contribution in [3.63, 3.8) is 0 Å². The number of fused-ring (bicyclic) bond motifs is 1. The van der Waals surface area contributed by atoms with Crippen molar-refractivity contribution in [1.29, 1.82) is 0 Å². The molecule has 0 amide bonds. The van der Waals surface area contributed by atoms with E-state index in [-0.39, 0.29) is 0 Å². The molecule has 1 aliphatic rings. The van der Waals surface area contributed by atoms with Crippen LogP contribution in [0.15, 0.2) is 47.4 Å². The Morgan fingerprint density at radius 2 is 1.59 bits per heavy atom. The third kappa shape index (κ3) is 3.64. The molecule has 114 valence electrons. The highest BCUT2D eigenvalue weighted by Gasteiger charge is 2.12. The van der Waals surface area contributed by atoms with Crippen molar-refractivity contribution in [1.82, 2.24) is 0 Å². The van der Waals surface area contributed by atoms with Crippen LogP contribution in [0, 0.1) is 0 Å². The van der Waals surface area contributed by atoms with Crippen molar-refractivity contribution in [3.05, 3.63) is 42.5 Å². The first-order valence-corrected chi connectivity index (χ1v) is 8.49. The third-order valence-electron chi connectivity index (χ3n) is 3.15. The van der Waals surface area contributed by atoms with Crippen LogP contribution in [-0.2, 0) is 0 Å². The van der Waals surface area contributed by atoms with Gasteiger partial charge in [0.2, 0.25) is 0 Å². The van der Waals surface area contributed by atoms with Gasteiger partial charge in [-0.2, -0.15) is 0 Å². The summed E-state index contributed by atoms with van der Waals surface area (Å²) in [5, 5.41) is 6.85. The van der Waals surface area contributed by atoms with E-state index in [2.05, 4.69) is 29.0 Å². The van der Waals surface area contributed by atoms with Gasteiger partial charge in [-0.25, -0.2) is 0 Å². The van der Waals surface area contributed by atoms with Gasteiger partial charge in [0.05, 0.1) is 0 Å². The maximum atomic E-state index is 5.56. The fourth-order valence-electron chi connectivity index (χ4n) is 2.09. The average molecular weight is 332 g/mol. The van der Waals surface area contributed by atoms with Crippen LogP contribution in [0.2, 0.25) is 0 Å². The summed E-state index contributed by atoms with van der Waals surface area (Å²) in [5.74, 6) is 1.51. The van der Waals surface area contributed by atoms with Crippen LogP contribution < -0.4 is 20.1 Å². The van der Waals surface area contributed by atoms with E-state index in [1.807, 2.05) is 30.3 Å². The Morgan fingerprint density at radius 1 is 0.955 bits per heavy atom. The van der Waals surface area contributed by atoms with Crippen molar-refractivity contribution in [2.75, 3.05) is 30.1 Å². The second-order valence-corrected chi connectivity index (χ2v) is 5.95. The van der Waals surface area contributed by atoms with Gasteiger partial charge in [0, 0.05) is 22.3 Å². The molecule has 2 N–H and O–H groups in total. The highest BCUT2D eigenvalue weighted by molar-refractivity contribution is 7.98. The van der Waals surface area contributed by atoms with Crippen LogP contribution in [-0.4, -0.2) is 24.6 Å². The second-order valence-electron chi connectivity index (χ2n) is 4.67. The molecule has 1 aliphatic heterocycles. The van der Waals surface area contributed by atoms with Gasteiger partial charge in [-0.15, -0.1) is 11.8 Å². The molecule has 3 rings (SSSR count). The lowest BCUT2D eigenvalue weighted by molar-refractivity contribution is 0.171. The second kappa shape index (κ2) is 6.89. The lowest BCUT2D eigenvalue weighted by Gasteiger charge is -2.19. The Bertz CT molecular complexity index is 674. The molecule has 2 aromatic carbocycles. The fraction of sp³-hybridized carbons (Fsp3) is 0.188. The molecule has 0 saturated carbocycles. The first kappa shape index (κ1) is 15.0. The van der Waals surface area contributed by atoms with Gasteiger partial charge < -0.3 is 20.1 Å². The van der Waals surface area contributed by atoms with E-state index in [0.29, 0.717) is 18.3 Å². The molecular formula is C16H16N2O2S2. The number of nitrogens with one attached hydrogen (secondary N) is 2. The van der Waals surface area contributed by atoms with Gasteiger partial charge >= 0.3 is 0 Å². The molecule has 1 heterocycles. The lowest BCUT2D eigenvalue weighted by Crippen LogP contribution is -2.20. The number of benzene rings is 2. The molecule has 0 fully saturated rings. The first-order chi connectivity index (χ1) is 10.7. The van der Waals surface area contributed by atoms with Crippen LogP contribution in [0.1, 0.15) is 0 Å². The standard InChI is InChI=1S/C16H16N2O2S2/c1-22-13-5-2-11(3-6-13)17-16(21)18-12-4-7-14-15(10-12)20-9-8-19-14/h2-7,10H,8-9H2,1H3,(H2,17,18,21). The summed E-state index contributed by atoms with van der Waals surface area (Å²) in [4.78, 5) is 1.22. The average Bonchev–Trinajstić information content (AvgIpc) is 2.55. The molecule has 4 nitrogen and oxygen atoms in total. The predicted octanol–water partition coefficient (Wildman–Crippen LogP) is 3.99. The maximum Gasteiger partial charge on any atom is 0.175 e. The lowest BCUT2D eigenvalue weighted by atomic mass is 10.2. The molecule has 0 saturated heterocycles. The Labute approximate surface area is 139 Å². The summed E-state index contributed by atoms with van der Waals surface area (Å²) in [6, 6.07) is 13.8. The minimum atomic E-state index is 0.536. The fourth-order valence-corrected chi connectivity index (χ4v) is 2.73. The molecule has 0 aliphatic carbocycles. The quantitative estimate of drug-likeness (QED) is 0.654. The third-order valence-corrected chi connectivity index (χ3v) is 4.10. The molecule has 2 aromatic rings. The van der Waals surface area contributed by atoms with Crippen molar-refractivity contribution in [2.24, 2.45) is 0 Å². The van der Waals surface area contributed by atoms with Crippen LogP contribution in [0.3, 0.4) is 0 Å². The van der Waals surface area contributed by atoms with Crippen molar-refractivity contribution >= 4 is 40.5 Å². The zero-order valence-corrected chi connectivity index (χ0v) is 13.7. The smallest absolute Gasteiger partial charge is 0.175 e. The van der Waals surface area contributed by atoms with Gasteiger partial charge in [-0.3, -0.25) is 0 Å². The minimum Gasteiger partial charge on any atom is -0.486 e. The summed E-state index contributed by atoms with van der Waals surface area (Å²) in [6.07, 6.45) is 2.05. The van der Waals surface area contributed by atoms with E-state index in [0.717, 1.165) is 22.9 Å². The molecule has 0 aromatic heterocycles. The predicted molar refractivity (Wildman–Crippen MR) is 95.5 cm³/mol. The highest BCUT2D eigenvalue weighted by atomic mass is 32.2. The molecule has 0 bridgehead atoms. The van der Waals surface area contributed by atoms with Gasteiger partial charge in [0.25, 0.3) is 0 Å². The van der Waals surface area contributed by atoms with E-state index in [4.69, 9.17) is 21.7 Å². The highest BCUT2D eigenvalue weighted by Crippen LogP contribution is 2.32. The largest absolute Gasteiger partial charge is 0.486 e. The Balaban J connectivity index is 1.63. The molecule has 0 unspecified atom stereocenters.